The number of phenolic OH excluding ortho intramolecular Hbond substituents is 1. The molecule has 126 valence electrons. The first-order valence-corrected chi connectivity index (χ1v) is 9.09. The number of nitrogens with zero attached hydrogens (tertiary/aromatic N) is 1. The molecule has 0 saturated heterocycles. The molecule has 1 aliphatic rings. The number of halogens is 2. The highest BCUT2D eigenvalue weighted by Gasteiger charge is 2.24. The molecule has 1 aromatic carbocycles. The van der Waals surface area contributed by atoms with Crippen molar-refractivity contribution in [3.63, 3.8) is 0 Å². The molecule has 1 amide bonds. The zero-order valence-electron chi connectivity index (χ0n) is 12.8. The van der Waals surface area contributed by atoms with Gasteiger partial charge in [-0.15, -0.1) is 0 Å². The smallest absolute Gasteiger partial charge is 0.342 e. The van der Waals surface area contributed by atoms with Gasteiger partial charge in [-0.1, -0.05) is 35.2 Å². The third-order valence-electron chi connectivity index (χ3n) is 4.09. The third-order valence-corrected chi connectivity index (χ3v) is 5.15. The summed E-state index contributed by atoms with van der Waals surface area (Å²) in [4.78, 5) is 25.9. The van der Waals surface area contributed by atoms with Crippen LogP contribution in [-0.4, -0.2) is 41.6 Å². The zero-order valence-corrected chi connectivity index (χ0v) is 16.0. The lowest BCUT2D eigenvalue weighted by Gasteiger charge is -2.31. The molecule has 0 heterocycles. The van der Waals surface area contributed by atoms with Crippen LogP contribution in [0.3, 0.4) is 0 Å². The van der Waals surface area contributed by atoms with E-state index in [1.54, 1.807) is 18.0 Å². The zero-order chi connectivity index (χ0) is 17.0. The van der Waals surface area contributed by atoms with Gasteiger partial charge < -0.3 is 14.7 Å². The van der Waals surface area contributed by atoms with Gasteiger partial charge in [0.15, 0.2) is 6.61 Å². The summed E-state index contributed by atoms with van der Waals surface area (Å²) < 4.78 is 6.06. The van der Waals surface area contributed by atoms with Crippen molar-refractivity contribution in [1.82, 2.24) is 4.90 Å². The second kappa shape index (κ2) is 8.15. The number of benzene rings is 1. The molecule has 0 spiro atoms. The van der Waals surface area contributed by atoms with Crippen LogP contribution in [0.15, 0.2) is 21.1 Å². The number of aromatic hydroxyl groups is 1. The Kier molecular flexibility index (Phi) is 6.47. The predicted octanol–water partition coefficient (Wildman–Crippen LogP) is 3.87. The number of rotatable bonds is 4. The fourth-order valence-electron chi connectivity index (χ4n) is 2.70. The Bertz CT molecular complexity index is 600. The van der Waals surface area contributed by atoms with Crippen LogP contribution < -0.4 is 0 Å². The van der Waals surface area contributed by atoms with E-state index < -0.39 is 5.97 Å². The van der Waals surface area contributed by atoms with Crippen LogP contribution in [0, 0.1) is 0 Å². The van der Waals surface area contributed by atoms with E-state index in [1.165, 1.54) is 12.5 Å². The fraction of sp³-hybridized carbons (Fsp3) is 0.500. The number of amides is 1. The monoisotopic (exact) mass is 447 g/mol. The van der Waals surface area contributed by atoms with Gasteiger partial charge in [0.1, 0.15) is 11.3 Å². The normalized spacial score (nSPS) is 15.3. The fourth-order valence-corrected chi connectivity index (χ4v) is 3.93. The molecule has 1 aromatic rings. The Morgan fingerprint density at radius 1 is 1.26 bits per heavy atom. The average molecular weight is 449 g/mol. The summed E-state index contributed by atoms with van der Waals surface area (Å²) in [6.07, 6.45) is 5.46. The molecule has 7 heteroatoms. The van der Waals surface area contributed by atoms with E-state index in [2.05, 4.69) is 31.9 Å². The molecule has 2 rings (SSSR count). The van der Waals surface area contributed by atoms with Crippen molar-refractivity contribution in [3.05, 3.63) is 26.6 Å². The minimum atomic E-state index is -0.727. The number of likely N-dealkylation sites (N-methyl/N-ethyl adjacent to an activating group) is 1. The Labute approximate surface area is 152 Å². The first kappa shape index (κ1) is 18.3. The van der Waals surface area contributed by atoms with Gasteiger partial charge in [-0.3, -0.25) is 4.79 Å². The number of carbonyl (C=O) groups is 2. The van der Waals surface area contributed by atoms with E-state index in [1.807, 2.05) is 0 Å². The first-order valence-electron chi connectivity index (χ1n) is 7.51. The van der Waals surface area contributed by atoms with Gasteiger partial charge in [0, 0.05) is 17.6 Å². The summed E-state index contributed by atoms with van der Waals surface area (Å²) in [5.41, 5.74) is 0.0133. The maximum absolute atomic E-state index is 12.2. The van der Waals surface area contributed by atoms with Crippen LogP contribution >= 0.6 is 31.9 Å². The van der Waals surface area contributed by atoms with Crippen LogP contribution in [0.25, 0.3) is 0 Å². The van der Waals surface area contributed by atoms with Crippen molar-refractivity contribution in [2.75, 3.05) is 13.7 Å². The Morgan fingerprint density at radius 3 is 2.57 bits per heavy atom. The molecule has 0 aromatic heterocycles. The summed E-state index contributed by atoms with van der Waals surface area (Å²) in [6.45, 7) is -0.324. The number of phenols is 1. The lowest BCUT2D eigenvalue weighted by molar-refractivity contribution is -0.135. The molecular formula is C16H19Br2NO4. The van der Waals surface area contributed by atoms with Crippen LogP contribution in [0.2, 0.25) is 0 Å². The van der Waals surface area contributed by atoms with Crippen molar-refractivity contribution >= 4 is 43.7 Å². The van der Waals surface area contributed by atoms with Crippen molar-refractivity contribution in [3.8, 4) is 5.75 Å². The Hall–Kier alpha value is -1.08. The van der Waals surface area contributed by atoms with E-state index in [0.29, 0.717) is 8.95 Å². The van der Waals surface area contributed by atoms with E-state index in [0.717, 1.165) is 25.7 Å². The number of carbonyl (C=O) groups excluding carboxylic acids is 2. The topological polar surface area (TPSA) is 66.8 Å². The maximum Gasteiger partial charge on any atom is 0.342 e. The predicted molar refractivity (Wildman–Crippen MR) is 93.4 cm³/mol. The van der Waals surface area contributed by atoms with E-state index in [-0.39, 0.29) is 29.9 Å². The van der Waals surface area contributed by atoms with Crippen LogP contribution in [0.5, 0.6) is 5.75 Å². The van der Waals surface area contributed by atoms with Crippen LogP contribution in [-0.2, 0) is 9.53 Å². The van der Waals surface area contributed by atoms with Crippen LogP contribution in [0.1, 0.15) is 42.5 Å². The average Bonchev–Trinajstić information content (AvgIpc) is 2.55. The lowest BCUT2D eigenvalue weighted by atomic mass is 9.94. The first-order chi connectivity index (χ1) is 10.9. The van der Waals surface area contributed by atoms with Gasteiger partial charge in [0.05, 0.1) is 4.47 Å². The van der Waals surface area contributed by atoms with Gasteiger partial charge in [0.2, 0.25) is 0 Å². The summed E-state index contributed by atoms with van der Waals surface area (Å²) in [7, 11) is 1.75. The molecule has 0 bridgehead atoms. The van der Waals surface area contributed by atoms with Crippen molar-refractivity contribution in [2.24, 2.45) is 0 Å². The van der Waals surface area contributed by atoms with Gasteiger partial charge in [-0.2, -0.15) is 0 Å². The maximum atomic E-state index is 12.2. The lowest BCUT2D eigenvalue weighted by Crippen LogP contribution is -2.40. The van der Waals surface area contributed by atoms with Crippen molar-refractivity contribution in [1.29, 1.82) is 0 Å². The molecule has 1 aliphatic carbocycles. The summed E-state index contributed by atoms with van der Waals surface area (Å²) in [6, 6.07) is 3.30. The van der Waals surface area contributed by atoms with Gasteiger partial charge in [-0.25, -0.2) is 4.79 Å². The highest BCUT2D eigenvalue weighted by Crippen LogP contribution is 2.32. The summed E-state index contributed by atoms with van der Waals surface area (Å²) in [5.74, 6) is -1.15. The second-order valence-electron chi connectivity index (χ2n) is 5.66. The molecular weight excluding hydrogens is 430 g/mol. The molecule has 1 fully saturated rings. The van der Waals surface area contributed by atoms with Crippen molar-refractivity contribution in [2.45, 2.75) is 38.1 Å². The molecule has 0 aliphatic heterocycles. The molecule has 0 atom stereocenters. The molecule has 1 N–H and O–H groups in total. The van der Waals surface area contributed by atoms with Gasteiger partial charge in [-0.05, 0) is 40.9 Å². The number of esters is 1. The quantitative estimate of drug-likeness (QED) is 0.710. The molecule has 1 saturated carbocycles. The summed E-state index contributed by atoms with van der Waals surface area (Å²) >= 11 is 6.40. The van der Waals surface area contributed by atoms with Gasteiger partial charge in [0.25, 0.3) is 5.91 Å². The van der Waals surface area contributed by atoms with E-state index in [9.17, 15) is 14.7 Å². The molecule has 23 heavy (non-hydrogen) atoms. The van der Waals surface area contributed by atoms with Crippen molar-refractivity contribution < 1.29 is 19.4 Å². The van der Waals surface area contributed by atoms with E-state index >= 15 is 0 Å². The highest BCUT2D eigenvalue weighted by atomic mass is 79.9. The number of hydrogen-bond acceptors (Lipinski definition) is 4. The van der Waals surface area contributed by atoms with E-state index in [4.69, 9.17) is 4.74 Å². The third kappa shape index (κ3) is 4.70. The molecule has 0 unspecified atom stereocenters. The Morgan fingerprint density at radius 2 is 1.91 bits per heavy atom. The minimum Gasteiger partial charge on any atom is -0.506 e. The largest absolute Gasteiger partial charge is 0.506 e. The Balaban J connectivity index is 1.94. The number of hydrogen-bond donors (Lipinski definition) is 1. The highest BCUT2D eigenvalue weighted by molar-refractivity contribution is 9.11. The SMILES string of the molecule is CN(C(=O)COC(=O)c1cc(Br)cc(Br)c1O)C1CCCCC1. The molecule has 5 nitrogen and oxygen atoms in total. The second-order valence-corrected chi connectivity index (χ2v) is 7.43. The standard InChI is InChI=1S/C16H19Br2NO4/c1-19(11-5-3-2-4-6-11)14(20)9-23-16(22)12-7-10(17)8-13(18)15(12)21/h7-8,11,21H,2-6,9H2,1H3. The number of ether oxygens (including phenoxy) is 1. The summed E-state index contributed by atoms with van der Waals surface area (Å²) in [5, 5.41) is 9.91. The van der Waals surface area contributed by atoms with Crippen LogP contribution in [0.4, 0.5) is 0 Å². The molecule has 0 radical (unpaired) electrons. The minimum absolute atomic E-state index is 0.0133. The van der Waals surface area contributed by atoms with Gasteiger partial charge >= 0.3 is 5.97 Å².